The van der Waals surface area contributed by atoms with Gasteiger partial charge in [0.05, 0.1) is 5.56 Å². The smallest absolute Gasteiger partial charge is 0.319 e. The first-order valence-electron chi connectivity index (χ1n) is 6.17. The lowest BCUT2D eigenvalue weighted by Gasteiger charge is -2.32. The van der Waals surface area contributed by atoms with Crippen molar-refractivity contribution in [2.24, 2.45) is 0 Å². The van der Waals surface area contributed by atoms with Gasteiger partial charge in [-0.1, -0.05) is 12.1 Å². The molecule has 2 aliphatic rings. The summed E-state index contributed by atoms with van der Waals surface area (Å²) in [6, 6.07) is 5.24. The first-order chi connectivity index (χ1) is 8.93. The molecule has 1 atom stereocenters. The Hall–Kier alpha value is -1.56. The molecule has 0 saturated carbocycles. The van der Waals surface area contributed by atoms with Crippen molar-refractivity contribution in [2.45, 2.75) is 24.7 Å². The zero-order chi connectivity index (χ0) is 13.7. The summed E-state index contributed by atoms with van der Waals surface area (Å²) in [6.07, 6.45) is -3.46. The Morgan fingerprint density at radius 3 is 2.84 bits per heavy atom. The topological polar surface area (TPSA) is 32.3 Å². The van der Waals surface area contributed by atoms with Crippen LogP contribution in [0, 0.1) is 0 Å². The van der Waals surface area contributed by atoms with Crippen molar-refractivity contribution in [3.8, 4) is 0 Å². The molecule has 102 valence electrons. The molecule has 1 aromatic carbocycles. The van der Waals surface area contributed by atoms with Gasteiger partial charge in [-0.15, -0.1) is 0 Å². The van der Waals surface area contributed by atoms with Crippen LogP contribution in [0.2, 0.25) is 0 Å². The highest BCUT2D eigenvalue weighted by Gasteiger charge is 2.49. The van der Waals surface area contributed by atoms with Crippen LogP contribution in [-0.4, -0.2) is 23.9 Å². The third-order valence-corrected chi connectivity index (χ3v) is 3.88. The molecular formula is C13H13F3N2O. The standard InChI is InChI=1S/C13H13F3N2O/c14-13(15,16)10-3-1-2-9(8-10)12-5-4-11(19)18(12)7-6-17-12/h1-3,8,17H,4-7H2. The maximum Gasteiger partial charge on any atom is 0.416 e. The Balaban J connectivity index is 2.05. The summed E-state index contributed by atoms with van der Waals surface area (Å²) >= 11 is 0. The fraction of sp³-hybridized carbons (Fsp3) is 0.462. The van der Waals surface area contributed by atoms with Gasteiger partial charge in [-0.2, -0.15) is 13.2 Å². The predicted molar refractivity (Wildman–Crippen MR) is 62.1 cm³/mol. The van der Waals surface area contributed by atoms with Gasteiger partial charge in [-0.25, -0.2) is 0 Å². The van der Waals surface area contributed by atoms with Crippen molar-refractivity contribution in [1.82, 2.24) is 10.2 Å². The van der Waals surface area contributed by atoms with Gasteiger partial charge in [0.1, 0.15) is 5.66 Å². The highest BCUT2D eigenvalue weighted by atomic mass is 19.4. The van der Waals surface area contributed by atoms with Gasteiger partial charge in [0.2, 0.25) is 5.91 Å². The SMILES string of the molecule is O=C1CCC2(c3cccc(C(F)(F)F)c3)NCCN12. The van der Waals surface area contributed by atoms with E-state index in [0.29, 0.717) is 31.5 Å². The summed E-state index contributed by atoms with van der Waals surface area (Å²) in [5.41, 5.74) is -0.892. The van der Waals surface area contributed by atoms with E-state index in [4.69, 9.17) is 0 Å². The maximum atomic E-state index is 12.8. The average Bonchev–Trinajstić information content (AvgIpc) is 2.91. The molecule has 2 heterocycles. The average molecular weight is 270 g/mol. The van der Waals surface area contributed by atoms with E-state index < -0.39 is 17.4 Å². The van der Waals surface area contributed by atoms with Crippen molar-refractivity contribution >= 4 is 5.91 Å². The second-order valence-corrected chi connectivity index (χ2v) is 4.91. The van der Waals surface area contributed by atoms with Crippen molar-refractivity contribution in [1.29, 1.82) is 0 Å². The van der Waals surface area contributed by atoms with E-state index in [1.165, 1.54) is 6.07 Å². The third kappa shape index (κ3) is 1.82. The van der Waals surface area contributed by atoms with E-state index in [2.05, 4.69) is 5.32 Å². The van der Waals surface area contributed by atoms with E-state index in [0.717, 1.165) is 12.1 Å². The molecule has 1 aromatic rings. The van der Waals surface area contributed by atoms with Crippen LogP contribution in [0.15, 0.2) is 24.3 Å². The molecule has 0 spiro atoms. The van der Waals surface area contributed by atoms with Crippen LogP contribution in [0.4, 0.5) is 13.2 Å². The number of carbonyl (C=O) groups excluding carboxylic acids is 1. The summed E-state index contributed by atoms with van der Waals surface area (Å²) in [7, 11) is 0. The van der Waals surface area contributed by atoms with E-state index in [9.17, 15) is 18.0 Å². The van der Waals surface area contributed by atoms with Crippen LogP contribution in [0.25, 0.3) is 0 Å². The first kappa shape index (κ1) is 12.5. The normalized spacial score (nSPS) is 26.9. The van der Waals surface area contributed by atoms with Crippen LogP contribution < -0.4 is 5.32 Å². The number of rotatable bonds is 1. The fourth-order valence-corrected chi connectivity index (χ4v) is 3.00. The van der Waals surface area contributed by atoms with E-state index in [-0.39, 0.29) is 5.91 Å². The minimum absolute atomic E-state index is 0.00223. The molecule has 1 amide bonds. The van der Waals surface area contributed by atoms with Crippen molar-refractivity contribution in [3.63, 3.8) is 0 Å². The summed E-state index contributed by atoms with van der Waals surface area (Å²) in [6.45, 7) is 1.16. The summed E-state index contributed by atoms with van der Waals surface area (Å²) in [5, 5.41) is 3.20. The van der Waals surface area contributed by atoms with Gasteiger partial charge in [0, 0.05) is 19.5 Å². The number of hydrogen-bond acceptors (Lipinski definition) is 2. The molecule has 0 radical (unpaired) electrons. The highest BCUT2D eigenvalue weighted by Crippen LogP contribution is 2.41. The zero-order valence-electron chi connectivity index (χ0n) is 10.1. The summed E-state index contributed by atoms with van der Waals surface area (Å²) in [5.74, 6) is 0.00223. The lowest BCUT2D eigenvalue weighted by atomic mass is 9.95. The van der Waals surface area contributed by atoms with E-state index >= 15 is 0 Å². The number of nitrogens with zero attached hydrogens (tertiary/aromatic N) is 1. The quantitative estimate of drug-likeness (QED) is 0.847. The van der Waals surface area contributed by atoms with Crippen LogP contribution in [0.3, 0.4) is 0 Å². The Morgan fingerprint density at radius 1 is 1.32 bits per heavy atom. The number of hydrogen-bond donors (Lipinski definition) is 1. The molecule has 3 nitrogen and oxygen atoms in total. The number of fused-ring (bicyclic) bond motifs is 1. The Labute approximate surface area is 108 Å². The molecule has 0 aromatic heterocycles. The molecule has 1 N–H and O–H groups in total. The molecule has 0 bridgehead atoms. The molecule has 2 fully saturated rings. The Bertz CT molecular complexity index is 529. The zero-order valence-corrected chi connectivity index (χ0v) is 10.1. The van der Waals surface area contributed by atoms with Crippen molar-refractivity contribution in [3.05, 3.63) is 35.4 Å². The van der Waals surface area contributed by atoms with Crippen molar-refractivity contribution < 1.29 is 18.0 Å². The minimum atomic E-state index is -4.36. The second kappa shape index (κ2) is 3.96. The lowest BCUT2D eigenvalue weighted by molar-refractivity contribution is -0.137. The molecular weight excluding hydrogens is 257 g/mol. The van der Waals surface area contributed by atoms with E-state index in [1.807, 2.05) is 0 Å². The van der Waals surface area contributed by atoms with Gasteiger partial charge in [0.25, 0.3) is 0 Å². The van der Waals surface area contributed by atoms with Crippen molar-refractivity contribution in [2.75, 3.05) is 13.1 Å². The molecule has 2 aliphatic heterocycles. The maximum absolute atomic E-state index is 12.8. The lowest BCUT2D eigenvalue weighted by Crippen LogP contribution is -2.45. The molecule has 0 aliphatic carbocycles. The molecule has 3 rings (SSSR count). The second-order valence-electron chi connectivity index (χ2n) is 4.91. The third-order valence-electron chi connectivity index (χ3n) is 3.88. The monoisotopic (exact) mass is 270 g/mol. The molecule has 19 heavy (non-hydrogen) atoms. The first-order valence-corrected chi connectivity index (χ1v) is 6.17. The summed E-state index contributed by atoms with van der Waals surface area (Å²) in [4.78, 5) is 13.4. The predicted octanol–water partition coefficient (Wildman–Crippen LogP) is 2.08. The van der Waals surface area contributed by atoms with Gasteiger partial charge in [-0.3, -0.25) is 10.1 Å². The summed E-state index contributed by atoms with van der Waals surface area (Å²) < 4.78 is 38.3. The van der Waals surface area contributed by atoms with E-state index in [1.54, 1.807) is 11.0 Å². The van der Waals surface area contributed by atoms with Crippen LogP contribution in [0.5, 0.6) is 0 Å². The van der Waals surface area contributed by atoms with Gasteiger partial charge < -0.3 is 4.90 Å². The van der Waals surface area contributed by atoms with Gasteiger partial charge in [-0.05, 0) is 24.1 Å². The molecule has 1 unspecified atom stereocenters. The number of alkyl halides is 3. The highest BCUT2D eigenvalue weighted by molar-refractivity contribution is 5.80. The number of amides is 1. The largest absolute Gasteiger partial charge is 0.416 e. The fourth-order valence-electron chi connectivity index (χ4n) is 3.00. The van der Waals surface area contributed by atoms with Gasteiger partial charge >= 0.3 is 6.18 Å². The van der Waals surface area contributed by atoms with Crippen LogP contribution >= 0.6 is 0 Å². The number of benzene rings is 1. The molecule has 6 heteroatoms. The Kier molecular flexibility index (Phi) is 2.60. The van der Waals surface area contributed by atoms with Gasteiger partial charge in [0.15, 0.2) is 0 Å². The number of nitrogens with one attached hydrogen (secondary N) is 1. The number of halogens is 3. The minimum Gasteiger partial charge on any atom is -0.319 e. The number of carbonyl (C=O) groups is 1. The Morgan fingerprint density at radius 2 is 2.11 bits per heavy atom. The van der Waals surface area contributed by atoms with Crippen LogP contribution in [-0.2, 0) is 16.6 Å². The van der Waals surface area contributed by atoms with Crippen LogP contribution in [0.1, 0.15) is 24.0 Å². The molecule has 2 saturated heterocycles.